The van der Waals surface area contributed by atoms with Gasteiger partial charge in [0, 0.05) is 18.7 Å². The number of hydrogen-bond acceptors (Lipinski definition) is 3. The van der Waals surface area contributed by atoms with Crippen molar-refractivity contribution in [2.45, 2.75) is 31.1 Å². The quantitative estimate of drug-likeness (QED) is 0.590. The molecule has 0 radical (unpaired) electrons. The Morgan fingerprint density at radius 2 is 1.54 bits per heavy atom. The van der Waals surface area contributed by atoms with E-state index in [-0.39, 0.29) is 10.7 Å². The summed E-state index contributed by atoms with van der Waals surface area (Å²) in [4.78, 5) is 12.5. The summed E-state index contributed by atoms with van der Waals surface area (Å²) in [6, 6.07) is 14.1. The Bertz CT molecular complexity index is 891. The first kappa shape index (κ1) is 18.5. The first-order valence-electron chi connectivity index (χ1n) is 8.86. The van der Waals surface area contributed by atoms with Crippen LogP contribution in [-0.4, -0.2) is 31.6 Å². The monoisotopic (exact) mass is 369 g/mol. The maximum absolute atomic E-state index is 12.6. The van der Waals surface area contributed by atoms with Gasteiger partial charge in [0.25, 0.3) is 0 Å². The number of sulfonamides is 1. The number of nitrogens with zero attached hydrogens (tertiary/aromatic N) is 1. The molecule has 0 amide bonds. The topological polar surface area (TPSA) is 54.5 Å². The summed E-state index contributed by atoms with van der Waals surface area (Å²) in [6.07, 6.45) is 6.16. The van der Waals surface area contributed by atoms with Crippen LogP contribution >= 0.6 is 0 Å². The molecule has 136 valence electrons. The Kier molecular flexibility index (Phi) is 5.69. The van der Waals surface area contributed by atoms with Crippen molar-refractivity contribution in [3.63, 3.8) is 0 Å². The Morgan fingerprint density at radius 3 is 2.15 bits per heavy atom. The molecule has 0 aliphatic carbocycles. The van der Waals surface area contributed by atoms with Crippen molar-refractivity contribution >= 4 is 21.9 Å². The van der Waals surface area contributed by atoms with Crippen molar-refractivity contribution in [2.24, 2.45) is 0 Å². The van der Waals surface area contributed by atoms with E-state index in [1.807, 2.05) is 31.2 Å². The molecule has 26 heavy (non-hydrogen) atoms. The molecule has 1 aliphatic heterocycles. The van der Waals surface area contributed by atoms with Gasteiger partial charge in [-0.3, -0.25) is 4.79 Å². The fraction of sp³-hybridized carbons (Fsp3) is 0.286. The van der Waals surface area contributed by atoms with E-state index < -0.39 is 10.0 Å². The van der Waals surface area contributed by atoms with Crippen LogP contribution in [-0.2, 0) is 10.0 Å². The predicted octanol–water partition coefficient (Wildman–Crippen LogP) is 4.07. The van der Waals surface area contributed by atoms with Gasteiger partial charge in [-0.2, -0.15) is 4.31 Å². The van der Waals surface area contributed by atoms with Crippen molar-refractivity contribution in [1.82, 2.24) is 4.31 Å². The molecule has 0 saturated carbocycles. The van der Waals surface area contributed by atoms with Crippen molar-refractivity contribution in [1.29, 1.82) is 0 Å². The fourth-order valence-electron chi connectivity index (χ4n) is 2.99. The van der Waals surface area contributed by atoms with E-state index in [2.05, 4.69) is 0 Å². The van der Waals surface area contributed by atoms with Gasteiger partial charge in [-0.05, 0) is 55.7 Å². The first-order chi connectivity index (χ1) is 12.5. The Labute approximate surface area is 155 Å². The van der Waals surface area contributed by atoms with E-state index in [0.717, 1.165) is 24.8 Å². The van der Waals surface area contributed by atoms with Gasteiger partial charge in [0.15, 0.2) is 5.78 Å². The highest BCUT2D eigenvalue weighted by Crippen LogP contribution is 2.21. The zero-order valence-corrected chi connectivity index (χ0v) is 15.7. The number of rotatable bonds is 5. The van der Waals surface area contributed by atoms with Gasteiger partial charge in [0.1, 0.15) is 0 Å². The highest BCUT2D eigenvalue weighted by Gasteiger charge is 2.25. The highest BCUT2D eigenvalue weighted by atomic mass is 32.2. The standard InChI is InChI=1S/C21H23NO3S/c1-17-5-7-18(8-6-17)9-14-21(23)19-10-12-20(13-11-19)26(24,25)22-15-3-2-4-16-22/h5-14H,2-4,15-16H2,1H3/b14-9+. The minimum atomic E-state index is -3.46. The lowest BCUT2D eigenvalue weighted by atomic mass is 10.1. The molecular weight excluding hydrogens is 346 g/mol. The van der Waals surface area contributed by atoms with Crippen LogP contribution in [0.2, 0.25) is 0 Å². The van der Waals surface area contributed by atoms with Crippen molar-refractivity contribution in [3.8, 4) is 0 Å². The lowest BCUT2D eigenvalue weighted by molar-refractivity contribution is 0.104. The minimum Gasteiger partial charge on any atom is -0.289 e. The molecule has 0 unspecified atom stereocenters. The second-order valence-corrected chi connectivity index (χ2v) is 8.54. The Morgan fingerprint density at radius 1 is 0.923 bits per heavy atom. The summed E-state index contributed by atoms with van der Waals surface area (Å²) in [5.74, 6) is -0.146. The molecule has 1 saturated heterocycles. The average molecular weight is 369 g/mol. The second kappa shape index (κ2) is 7.98. The molecule has 5 heteroatoms. The molecule has 3 rings (SSSR count). The molecule has 0 aromatic heterocycles. The Hall–Kier alpha value is -2.24. The zero-order valence-electron chi connectivity index (χ0n) is 14.9. The summed E-state index contributed by atoms with van der Waals surface area (Å²) in [5, 5.41) is 0. The molecule has 1 fully saturated rings. The van der Waals surface area contributed by atoms with E-state index >= 15 is 0 Å². The SMILES string of the molecule is Cc1ccc(/C=C/C(=O)c2ccc(S(=O)(=O)N3CCCCC3)cc2)cc1. The van der Waals surface area contributed by atoms with E-state index in [4.69, 9.17) is 0 Å². The zero-order chi connectivity index (χ0) is 18.6. The van der Waals surface area contributed by atoms with Crippen LogP contribution in [0.3, 0.4) is 0 Å². The van der Waals surface area contributed by atoms with Crippen LogP contribution in [0.1, 0.15) is 40.7 Å². The van der Waals surface area contributed by atoms with Crippen LogP contribution in [0, 0.1) is 6.92 Å². The average Bonchev–Trinajstić information content (AvgIpc) is 2.68. The molecular formula is C21H23NO3S. The van der Waals surface area contributed by atoms with Gasteiger partial charge in [0.05, 0.1) is 4.90 Å². The lowest BCUT2D eigenvalue weighted by Crippen LogP contribution is -2.35. The van der Waals surface area contributed by atoms with Crippen molar-refractivity contribution in [2.75, 3.05) is 13.1 Å². The predicted molar refractivity (Wildman–Crippen MR) is 104 cm³/mol. The summed E-state index contributed by atoms with van der Waals surface area (Å²) in [5.41, 5.74) is 2.60. The summed E-state index contributed by atoms with van der Waals surface area (Å²) in [7, 11) is -3.46. The maximum atomic E-state index is 12.6. The van der Waals surface area contributed by atoms with Gasteiger partial charge in [-0.15, -0.1) is 0 Å². The van der Waals surface area contributed by atoms with E-state index in [1.54, 1.807) is 18.2 Å². The van der Waals surface area contributed by atoms with Crippen molar-refractivity contribution < 1.29 is 13.2 Å². The van der Waals surface area contributed by atoms with Gasteiger partial charge in [-0.25, -0.2) is 8.42 Å². The lowest BCUT2D eigenvalue weighted by Gasteiger charge is -2.25. The number of piperidine rings is 1. The molecule has 0 atom stereocenters. The number of carbonyl (C=O) groups excluding carboxylic acids is 1. The smallest absolute Gasteiger partial charge is 0.243 e. The highest BCUT2D eigenvalue weighted by molar-refractivity contribution is 7.89. The van der Waals surface area contributed by atoms with Gasteiger partial charge in [-0.1, -0.05) is 42.3 Å². The normalized spacial score (nSPS) is 16.0. The van der Waals surface area contributed by atoms with E-state index in [9.17, 15) is 13.2 Å². The van der Waals surface area contributed by atoms with Crippen LogP contribution < -0.4 is 0 Å². The third-order valence-electron chi connectivity index (χ3n) is 4.60. The molecule has 1 aliphatic rings. The summed E-state index contributed by atoms with van der Waals surface area (Å²) < 4.78 is 26.8. The molecule has 2 aromatic carbocycles. The van der Waals surface area contributed by atoms with Gasteiger partial charge in [0.2, 0.25) is 10.0 Å². The second-order valence-electron chi connectivity index (χ2n) is 6.60. The number of ketones is 1. The number of allylic oxidation sites excluding steroid dienone is 1. The van der Waals surface area contributed by atoms with Crippen molar-refractivity contribution in [3.05, 3.63) is 71.3 Å². The molecule has 4 nitrogen and oxygen atoms in total. The van der Waals surface area contributed by atoms with Gasteiger partial charge >= 0.3 is 0 Å². The largest absolute Gasteiger partial charge is 0.289 e. The van der Waals surface area contributed by atoms with Crippen LogP contribution in [0.15, 0.2) is 59.5 Å². The first-order valence-corrected chi connectivity index (χ1v) is 10.3. The molecule has 1 heterocycles. The summed E-state index contributed by atoms with van der Waals surface area (Å²) in [6.45, 7) is 3.16. The van der Waals surface area contributed by atoms with E-state index in [1.165, 1.54) is 28.1 Å². The number of aryl methyl sites for hydroxylation is 1. The molecule has 0 spiro atoms. The third-order valence-corrected chi connectivity index (χ3v) is 6.51. The minimum absolute atomic E-state index is 0.146. The summed E-state index contributed by atoms with van der Waals surface area (Å²) >= 11 is 0. The Balaban J connectivity index is 1.72. The maximum Gasteiger partial charge on any atom is 0.243 e. The van der Waals surface area contributed by atoms with Gasteiger partial charge < -0.3 is 0 Å². The molecule has 2 aromatic rings. The fourth-order valence-corrected chi connectivity index (χ4v) is 4.51. The van der Waals surface area contributed by atoms with E-state index in [0.29, 0.717) is 18.7 Å². The van der Waals surface area contributed by atoms with Crippen LogP contribution in [0.25, 0.3) is 6.08 Å². The number of hydrogen-bond donors (Lipinski definition) is 0. The van der Waals surface area contributed by atoms with Crippen LogP contribution in [0.5, 0.6) is 0 Å². The number of carbonyl (C=O) groups is 1. The van der Waals surface area contributed by atoms with Crippen LogP contribution in [0.4, 0.5) is 0 Å². The molecule has 0 bridgehead atoms. The number of benzene rings is 2. The molecule has 0 N–H and O–H groups in total. The third kappa shape index (κ3) is 4.29.